The Morgan fingerprint density at radius 1 is 1.33 bits per heavy atom. The van der Waals surface area contributed by atoms with Crippen LogP contribution in [-0.4, -0.2) is 34.8 Å². The number of hydrogen-bond acceptors (Lipinski definition) is 3. The molecule has 1 amide bonds. The van der Waals surface area contributed by atoms with Gasteiger partial charge in [-0.15, -0.1) is 11.3 Å². The Labute approximate surface area is 144 Å². The molecule has 1 aliphatic rings. The number of aromatic nitrogens is 1. The molecule has 1 aliphatic carbocycles. The fourth-order valence-corrected chi connectivity index (χ4v) is 3.48. The monoisotopic (exact) mass is 350 g/mol. The minimum Gasteiger partial charge on any atom is -0.334 e. The lowest BCUT2D eigenvalue weighted by Crippen LogP contribution is -2.38. The number of benzene rings is 1. The zero-order valence-electron chi connectivity index (χ0n) is 13.5. The van der Waals surface area contributed by atoms with Crippen molar-refractivity contribution in [3.63, 3.8) is 0 Å². The van der Waals surface area contributed by atoms with Crippen molar-refractivity contribution < 1.29 is 13.6 Å². The number of halogens is 2. The van der Waals surface area contributed by atoms with Crippen LogP contribution in [0, 0.1) is 0 Å². The van der Waals surface area contributed by atoms with Gasteiger partial charge in [0.2, 0.25) is 5.91 Å². The highest BCUT2D eigenvalue weighted by molar-refractivity contribution is 7.13. The van der Waals surface area contributed by atoms with Crippen molar-refractivity contribution in [2.45, 2.75) is 45.1 Å². The van der Waals surface area contributed by atoms with Gasteiger partial charge in [0.05, 0.1) is 18.7 Å². The molecule has 1 aromatic heterocycles. The predicted octanol–water partition coefficient (Wildman–Crippen LogP) is 4.17. The summed E-state index contributed by atoms with van der Waals surface area (Å²) in [6.07, 6.45) is 0.235. The van der Waals surface area contributed by atoms with Crippen LogP contribution in [-0.2, 0) is 17.6 Å². The minimum absolute atomic E-state index is 0.00815. The smallest absolute Gasteiger partial charge is 0.255 e. The van der Waals surface area contributed by atoms with E-state index in [1.807, 2.05) is 17.5 Å². The van der Waals surface area contributed by atoms with Crippen LogP contribution in [0.2, 0.25) is 0 Å². The molecule has 1 fully saturated rings. The first-order valence-electron chi connectivity index (χ1n) is 8.18. The van der Waals surface area contributed by atoms with E-state index in [1.54, 1.807) is 0 Å². The van der Waals surface area contributed by atoms with Crippen LogP contribution in [0.1, 0.15) is 31.0 Å². The van der Waals surface area contributed by atoms with Crippen LogP contribution in [0.25, 0.3) is 10.6 Å². The SMILES string of the molecule is CCc1ccc(-c2nc(CC(=O)N(CC(F)F)C3CC3)cs2)cc1. The highest BCUT2D eigenvalue weighted by Gasteiger charge is 2.34. The molecule has 128 valence electrons. The van der Waals surface area contributed by atoms with Crippen molar-refractivity contribution in [1.82, 2.24) is 9.88 Å². The van der Waals surface area contributed by atoms with Crippen LogP contribution in [0.3, 0.4) is 0 Å². The fraction of sp³-hybridized carbons (Fsp3) is 0.444. The number of nitrogens with zero attached hydrogens (tertiary/aromatic N) is 2. The summed E-state index contributed by atoms with van der Waals surface area (Å²) in [5.41, 5.74) is 2.93. The van der Waals surface area contributed by atoms with E-state index in [9.17, 15) is 13.6 Å². The molecule has 0 saturated heterocycles. The first kappa shape index (κ1) is 17.0. The second-order valence-electron chi connectivity index (χ2n) is 6.04. The Hall–Kier alpha value is -1.82. The molecule has 0 atom stereocenters. The lowest BCUT2D eigenvalue weighted by molar-refractivity contribution is -0.133. The molecule has 3 nitrogen and oxygen atoms in total. The van der Waals surface area contributed by atoms with Gasteiger partial charge >= 0.3 is 0 Å². The van der Waals surface area contributed by atoms with E-state index in [4.69, 9.17) is 0 Å². The van der Waals surface area contributed by atoms with Gasteiger partial charge in [0, 0.05) is 17.0 Å². The molecule has 3 rings (SSSR count). The summed E-state index contributed by atoms with van der Waals surface area (Å²) in [4.78, 5) is 18.1. The van der Waals surface area contributed by atoms with Gasteiger partial charge in [-0.1, -0.05) is 31.2 Å². The average molecular weight is 350 g/mol. The van der Waals surface area contributed by atoms with Crippen LogP contribution in [0.4, 0.5) is 8.78 Å². The number of rotatable bonds is 7. The molecule has 24 heavy (non-hydrogen) atoms. The normalized spacial score (nSPS) is 14.2. The predicted molar refractivity (Wildman–Crippen MR) is 91.4 cm³/mol. The Morgan fingerprint density at radius 2 is 2.04 bits per heavy atom. The molecular formula is C18H20F2N2OS. The largest absolute Gasteiger partial charge is 0.334 e. The summed E-state index contributed by atoms with van der Waals surface area (Å²) in [5.74, 6) is -0.254. The molecule has 0 bridgehead atoms. The van der Waals surface area contributed by atoms with E-state index >= 15 is 0 Å². The van der Waals surface area contributed by atoms with Crippen molar-refractivity contribution in [3.05, 3.63) is 40.9 Å². The van der Waals surface area contributed by atoms with E-state index in [2.05, 4.69) is 24.0 Å². The minimum atomic E-state index is -2.49. The maximum Gasteiger partial charge on any atom is 0.255 e. The van der Waals surface area contributed by atoms with Crippen LogP contribution >= 0.6 is 11.3 Å². The van der Waals surface area contributed by atoms with Gasteiger partial charge < -0.3 is 4.90 Å². The molecule has 2 aromatic rings. The van der Waals surface area contributed by atoms with Gasteiger partial charge in [0.15, 0.2) is 0 Å². The topological polar surface area (TPSA) is 33.2 Å². The quantitative estimate of drug-likeness (QED) is 0.751. The molecule has 1 aromatic carbocycles. The van der Waals surface area contributed by atoms with Crippen molar-refractivity contribution in [2.75, 3.05) is 6.54 Å². The average Bonchev–Trinajstić information content (AvgIpc) is 3.31. The van der Waals surface area contributed by atoms with E-state index < -0.39 is 13.0 Å². The van der Waals surface area contributed by atoms with Gasteiger partial charge in [-0.3, -0.25) is 4.79 Å². The zero-order chi connectivity index (χ0) is 17.1. The van der Waals surface area contributed by atoms with Gasteiger partial charge in [-0.05, 0) is 24.8 Å². The van der Waals surface area contributed by atoms with E-state index in [1.165, 1.54) is 21.8 Å². The summed E-state index contributed by atoms with van der Waals surface area (Å²) in [7, 11) is 0. The van der Waals surface area contributed by atoms with Crippen LogP contribution in [0.5, 0.6) is 0 Å². The fourth-order valence-electron chi connectivity index (χ4n) is 2.65. The number of amides is 1. The van der Waals surface area contributed by atoms with Crippen molar-refractivity contribution >= 4 is 17.2 Å². The maximum atomic E-state index is 12.7. The third kappa shape index (κ3) is 4.17. The lowest BCUT2D eigenvalue weighted by atomic mass is 10.1. The third-order valence-electron chi connectivity index (χ3n) is 4.14. The summed E-state index contributed by atoms with van der Waals surface area (Å²) >= 11 is 1.48. The number of carbonyl (C=O) groups excluding carboxylic acids is 1. The number of alkyl halides is 2. The number of carbonyl (C=O) groups is 1. The Kier molecular flexibility index (Phi) is 5.23. The highest BCUT2D eigenvalue weighted by Crippen LogP contribution is 2.29. The second-order valence-corrected chi connectivity index (χ2v) is 6.90. The molecule has 0 radical (unpaired) electrons. The van der Waals surface area contributed by atoms with Gasteiger partial charge in [-0.2, -0.15) is 0 Å². The molecule has 0 unspecified atom stereocenters. The van der Waals surface area contributed by atoms with Crippen LogP contribution in [0.15, 0.2) is 29.6 Å². The van der Waals surface area contributed by atoms with E-state index in [0.717, 1.165) is 29.8 Å². The Bertz CT molecular complexity index is 695. The summed E-state index contributed by atoms with van der Waals surface area (Å²) in [6.45, 7) is 1.63. The van der Waals surface area contributed by atoms with Crippen molar-refractivity contribution in [3.8, 4) is 10.6 Å². The van der Waals surface area contributed by atoms with Gasteiger partial charge in [0.1, 0.15) is 5.01 Å². The standard InChI is InChI=1S/C18H20F2N2OS/c1-2-12-3-5-13(6-4-12)18-21-14(11-24-18)9-17(23)22(10-16(19)20)15-7-8-15/h3-6,11,15-16H,2,7-10H2,1H3. The third-order valence-corrected chi connectivity index (χ3v) is 5.08. The molecule has 1 saturated carbocycles. The molecule has 0 N–H and O–H groups in total. The molecule has 6 heteroatoms. The molecule has 1 heterocycles. The lowest BCUT2D eigenvalue weighted by Gasteiger charge is -2.21. The Balaban J connectivity index is 1.67. The first-order valence-corrected chi connectivity index (χ1v) is 9.06. The first-order chi connectivity index (χ1) is 11.6. The van der Waals surface area contributed by atoms with Crippen molar-refractivity contribution in [1.29, 1.82) is 0 Å². The molecule has 0 aliphatic heterocycles. The number of hydrogen-bond donors (Lipinski definition) is 0. The molecular weight excluding hydrogens is 330 g/mol. The summed E-state index contributed by atoms with van der Waals surface area (Å²) in [5, 5.41) is 2.70. The van der Waals surface area contributed by atoms with E-state index in [-0.39, 0.29) is 18.4 Å². The van der Waals surface area contributed by atoms with E-state index in [0.29, 0.717) is 5.69 Å². The van der Waals surface area contributed by atoms with Crippen LogP contribution < -0.4 is 0 Å². The summed E-state index contributed by atoms with van der Waals surface area (Å²) in [6, 6.07) is 8.18. The number of aryl methyl sites for hydroxylation is 1. The van der Waals surface area contributed by atoms with Gasteiger partial charge in [-0.25, -0.2) is 13.8 Å². The van der Waals surface area contributed by atoms with Crippen molar-refractivity contribution in [2.24, 2.45) is 0 Å². The zero-order valence-corrected chi connectivity index (χ0v) is 14.4. The highest BCUT2D eigenvalue weighted by atomic mass is 32.1. The summed E-state index contributed by atoms with van der Waals surface area (Å²) < 4.78 is 25.3. The second kappa shape index (κ2) is 7.38. The maximum absolute atomic E-state index is 12.7. The molecule has 0 spiro atoms. The van der Waals surface area contributed by atoms with Gasteiger partial charge in [0.25, 0.3) is 6.43 Å². The Morgan fingerprint density at radius 3 is 2.62 bits per heavy atom. The number of thiazole rings is 1.